The lowest BCUT2D eigenvalue weighted by Crippen LogP contribution is -2.29. The molecule has 0 bridgehead atoms. The fourth-order valence-electron chi connectivity index (χ4n) is 0.580. The molecule has 2 atom stereocenters. The molecule has 0 aliphatic heterocycles. The molecule has 0 amide bonds. The Morgan fingerprint density at radius 3 is 2.50 bits per heavy atom. The number of aliphatic hydroxyl groups excluding tert-OH is 2. The summed E-state index contributed by atoms with van der Waals surface area (Å²) in [6.45, 7) is 4.76. The van der Waals surface area contributed by atoms with Gasteiger partial charge in [0.25, 0.3) is 0 Å². The van der Waals surface area contributed by atoms with Crippen molar-refractivity contribution in [1.82, 2.24) is 0 Å². The van der Waals surface area contributed by atoms with Crippen molar-refractivity contribution in [2.45, 2.75) is 19.4 Å². The third-order valence-corrected chi connectivity index (χ3v) is 1.46. The normalized spacial score (nSPS) is 16.4. The summed E-state index contributed by atoms with van der Waals surface area (Å²) in [7, 11) is 0. The molecule has 0 aromatic carbocycles. The van der Waals surface area contributed by atoms with Crippen LogP contribution in [0.3, 0.4) is 0 Å². The fourth-order valence-corrected chi connectivity index (χ4v) is 0.580. The van der Waals surface area contributed by atoms with Gasteiger partial charge in [-0.25, -0.2) is 0 Å². The lowest BCUT2D eigenvalue weighted by atomic mass is 9.99. The van der Waals surface area contributed by atoms with Crippen LogP contribution in [0.15, 0.2) is 0 Å². The summed E-state index contributed by atoms with van der Waals surface area (Å²) in [5.41, 5.74) is 0. The van der Waals surface area contributed by atoms with Crippen molar-refractivity contribution in [1.29, 1.82) is 0 Å². The molecular formula is C7H13O3. The average molecular weight is 145 g/mol. The third kappa shape index (κ3) is 2.45. The van der Waals surface area contributed by atoms with Gasteiger partial charge in [-0.3, -0.25) is 4.79 Å². The smallest absolute Gasteiger partial charge is 0.186 e. The van der Waals surface area contributed by atoms with E-state index in [1.54, 1.807) is 0 Å². The van der Waals surface area contributed by atoms with E-state index in [9.17, 15) is 4.79 Å². The zero-order valence-electron chi connectivity index (χ0n) is 6.08. The molecule has 2 N–H and O–H groups in total. The van der Waals surface area contributed by atoms with Gasteiger partial charge in [0.15, 0.2) is 5.78 Å². The Morgan fingerprint density at radius 2 is 2.20 bits per heavy atom. The third-order valence-electron chi connectivity index (χ3n) is 1.46. The monoisotopic (exact) mass is 145 g/mol. The van der Waals surface area contributed by atoms with Crippen LogP contribution < -0.4 is 0 Å². The van der Waals surface area contributed by atoms with Crippen molar-refractivity contribution in [3.63, 3.8) is 0 Å². The highest BCUT2D eigenvalue weighted by atomic mass is 16.3. The maximum Gasteiger partial charge on any atom is 0.186 e. The summed E-state index contributed by atoms with van der Waals surface area (Å²) in [6, 6.07) is 0. The Balaban J connectivity index is 3.81. The number of carbonyl (C=O) groups excluding carboxylic acids is 1. The van der Waals surface area contributed by atoms with Crippen LogP contribution in [-0.2, 0) is 4.79 Å². The van der Waals surface area contributed by atoms with Crippen LogP contribution in [0.25, 0.3) is 0 Å². The molecule has 0 saturated heterocycles. The molecule has 0 aromatic heterocycles. The summed E-state index contributed by atoms with van der Waals surface area (Å²) in [4.78, 5) is 10.6. The van der Waals surface area contributed by atoms with E-state index in [1.807, 2.05) is 6.92 Å². The van der Waals surface area contributed by atoms with Gasteiger partial charge >= 0.3 is 0 Å². The molecule has 0 rings (SSSR count). The Labute approximate surface area is 60.7 Å². The standard InChI is InChI=1S/C7H13O3/c1-3-5(2)7(10)6(9)4-8/h5,7-8,10H,2-4H2,1H3. The van der Waals surface area contributed by atoms with E-state index in [0.29, 0.717) is 6.42 Å². The van der Waals surface area contributed by atoms with Crippen LogP contribution in [-0.4, -0.2) is 28.7 Å². The van der Waals surface area contributed by atoms with Crippen molar-refractivity contribution >= 4 is 5.78 Å². The second kappa shape index (κ2) is 4.41. The zero-order valence-corrected chi connectivity index (χ0v) is 6.08. The molecule has 3 nitrogen and oxygen atoms in total. The summed E-state index contributed by atoms with van der Waals surface area (Å²) < 4.78 is 0. The zero-order chi connectivity index (χ0) is 8.15. The molecule has 2 unspecified atom stereocenters. The van der Waals surface area contributed by atoms with Crippen LogP contribution in [0, 0.1) is 12.8 Å². The largest absolute Gasteiger partial charge is 0.388 e. The van der Waals surface area contributed by atoms with Crippen LogP contribution in [0.4, 0.5) is 0 Å². The lowest BCUT2D eigenvalue weighted by Gasteiger charge is -2.13. The van der Waals surface area contributed by atoms with Crippen LogP contribution in [0.1, 0.15) is 13.3 Å². The first-order valence-corrected chi connectivity index (χ1v) is 3.28. The van der Waals surface area contributed by atoms with E-state index in [1.165, 1.54) is 0 Å². The van der Waals surface area contributed by atoms with Crippen LogP contribution in [0.2, 0.25) is 0 Å². The predicted molar refractivity (Wildman–Crippen MR) is 37.2 cm³/mol. The second-order valence-corrected chi connectivity index (χ2v) is 2.24. The molecule has 1 radical (unpaired) electrons. The van der Waals surface area contributed by atoms with E-state index < -0.39 is 18.5 Å². The highest BCUT2D eigenvalue weighted by Crippen LogP contribution is 2.06. The number of ketones is 1. The molecule has 59 valence electrons. The Morgan fingerprint density at radius 1 is 1.70 bits per heavy atom. The van der Waals surface area contributed by atoms with Gasteiger partial charge in [-0.1, -0.05) is 13.3 Å². The number of rotatable bonds is 4. The quantitative estimate of drug-likeness (QED) is 0.574. The number of hydrogen-bond donors (Lipinski definition) is 2. The van der Waals surface area contributed by atoms with Gasteiger partial charge in [0.2, 0.25) is 0 Å². The minimum Gasteiger partial charge on any atom is -0.388 e. The van der Waals surface area contributed by atoms with Crippen molar-refractivity contribution in [3.05, 3.63) is 6.92 Å². The Bertz CT molecular complexity index is 111. The van der Waals surface area contributed by atoms with Gasteiger partial charge in [0.1, 0.15) is 12.7 Å². The number of aliphatic hydroxyl groups is 2. The summed E-state index contributed by atoms with van der Waals surface area (Å²) in [5.74, 6) is -0.860. The highest BCUT2D eigenvalue weighted by molar-refractivity contribution is 5.84. The van der Waals surface area contributed by atoms with Crippen LogP contribution in [0.5, 0.6) is 0 Å². The maximum atomic E-state index is 10.6. The minimum atomic E-state index is -1.10. The number of Topliss-reactive ketones (excluding diaryl/α,β-unsaturated/α-hetero) is 1. The molecule has 0 spiro atoms. The predicted octanol–water partition coefficient (Wildman–Crippen LogP) is -0.231. The molecule has 0 aromatic rings. The summed E-state index contributed by atoms with van der Waals surface area (Å²) in [6.07, 6.45) is -0.470. The Hall–Kier alpha value is -0.410. The molecule has 0 saturated carbocycles. The molecule has 0 heterocycles. The van der Waals surface area contributed by atoms with E-state index in [2.05, 4.69) is 6.92 Å². The summed E-state index contributed by atoms with van der Waals surface area (Å²) >= 11 is 0. The Kier molecular flexibility index (Phi) is 4.23. The second-order valence-electron chi connectivity index (χ2n) is 2.24. The SMILES string of the molecule is [CH2]C(CC)C(O)C(=O)CO. The molecule has 3 heteroatoms. The molecule has 0 aliphatic carbocycles. The van der Waals surface area contributed by atoms with Crippen molar-refractivity contribution < 1.29 is 15.0 Å². The van der Waals surface area contributed by atoms with Gasteiger partial charge < -0.3 is 10.2 Å². The number of hydrogen-bond acceptors (Lipinski definition) is 3. The summed E-state index contributed by atoms with van der Waals surface area (Å²) in [5, 5.41) is 17.3. The van der Waals surface area contributed by atoms with Gasteiger partial charge in [-0.2, -0.15) is 0 Å². The first-order chi connectivity index (χ1) is 4.63. The first kappa shape index (κ1) is 9.59. The molecular weight excluding hydrogens is 132 g/mol. The number of carbonyl (C=O) groups is 1. The highest BCUT2D eigenvalue weighted by Gasteiger charge is 2.19. The van der Waals surface area contributed by atoms with Crippen molar-refractivity contribution in [2.75, 3.05) is 6.61 Å². The molecule has 0 aliphatic rings. The lowest BCUT2D eigenvalue weighted by molar-refractivity contribution is -0.131. The van der Waals surface area contributed by atoms with E-state index >= 15 is 0 Å². The van der Waals surface area contributed by atoms with Crippen LogP contribution >= 0.6 is 0 Å². The topological polar surface area (TPSA) is 57.5 Å². The van der Waals surface area contributed by atoms with Crippen molar-refractivity contribution in [2.24, 2.45) is 5.92 Å². The average Bonchev–Trinajstić information content (AvgIpc) is 2.00. The maximum absolute atomic E-state index is 10.6. The van der Waals surface area contributed by atoms with E-state index in [4.69, 9.17) is 10.2 Å². The van der Waals surface area contributed by atoms with E-state index in [-0.39, 0.29) is 5.92 Å². The van der Waals surface area contributed by atoms with Gasteiger partial charge in [0, 0.05) is 0 Å². The van der Waals surface area contributed by atoms with Crippen molar-refractivity contribution in [3.8, 4) is 0 Å². The van der Waals surface area contributed by atoms with E-state index in [0.717, 1.165) is 0 Å². The first-order valence-electron chi connectivity index (χ1n) is 3.28. The fraction of sp³-hybridized carbons (Fsp3) is 0.714. The molecule has 0 fully saturated rings. The van der Waals surface area contributed by atoms with Gasteiger partial charge in [-0.05, 0) is 12.8 Å². The van der Waals surface area contributed by atoms with Gasteiger partial charge in [-0.15, -0.1) is 0 Å². The minimum absolute atomic E-state index is 0.306. The molecule has 10 heavy (non-hydrogen) atoms. The van der Waals surface area contributed by atoms with Gasteiger partial charge in [0.05, 0.1) is 0 Å².